The van der Waals surface area contributed by atoms with E-state index in [1.165, 1.54) is 0 Å². The fraction of sp³-hybridized carbons (Fsp3) is 0.667. The van der Waals surface area contributed by atoms with E-state index in [0.717, 1.165) is 31.9 Å². The van der Waals surface area contributed by atoms with Crippen molar-refractivity contribution in [2.75, 3.05) is 26.7 Å². The average molecular weight is 305 g/mol. The molecule has 2 aliphatic heterocycles. The zero-order valence-corrected chi connectivity index (χ0v) is 13.1. The third-order valence-electron chi connectivity index (χ3n) is 4.45. The summed E-state index contributed by atoms with van der Waals surface area (Å²) in [6.07, 6.45) is 7.54. The van der Waals surface area contributed by atoms with Gasteiger partial charge in [-0.05, 0) is 25.7 Å². The molecule has 0 aromatic heterocycles. The molecule has 120 valence electrons. The molecule has 2 aliphatic rings. The highest BCUT2D eigenvalue weighted by Gasteiger charge is 2.48. The van der Waals surface area contributed by atoms with Gasteiger partial charge in [-0.15, -0.1) is 12.3 Å². The van der Waals surface area contributed by atoms with E-state index in [-0.39, 0.29) is 11.8 Å². The monoisotopic (exact) mass is 305 g/mol. The number of likely N-dealkylation sites (tertiary alicyclic amines) is 1. The number of aliphatic imine (C=N–C) groups is 1. The smallest absolute Gasteiger partial charge is 0.322 e. The van der Waals surface area contributed by atoms with E-state index in [2.05, 4.69) is 31.8 Å². The van der Waals surface area contributed by atoms with Gasteiger partial charge in [0, 0.05) is 33.1 Å². The molecule has 0 aromatic rings. The Bertz CT molecular complexity index is 517. The van der Waals surface area contributed by atoms with E-state index >= 15 is 0 Å². The highest BCUT2D eigenvalue weighted by Crippen LogP contribution is 2.30. The van der Waals surface area contributed by atoms with Crippen LogP contribution in [0.3, 0.4) is 0 Å². The number of urea groups is 1. The number of nitrogens with zero attached hydrogens (tertiary/aromatic N) is 2. The maximum Gasteiger partial charge on any atom is 0.322 e. The minimum Gasteiger partial charge on any atom is -0.355 e. The number of hydrogen-bond acceptors (Lipinski definition) is 3. The molecule has 1 unspecified atom stereocenters. The van der Waals surface area contributed by atoms with Crippen LogP contribution in [0.1, 0.15) is 26.2 Å². The van der Waals surface area contributed by atoms with Crippen LogP contribution in [-0.4, -0.2) is 55.0 Å². The number of carbonyl (C=O) groups excluding carboxylic acids is 2. The van der Waals surface area contributed by atoms with Gasteiger partial charge < -0.3 is 15.5 Å². The second-order valence-electron chi connectivity index (χ2n) is 5.80. The zero-order valence-electron chi connectivity index (χ0n) is 13.1. The summed E-state index contributed by atoms with van der Waals surface area (Å²) in [6, 6.07) is -0.401. The molecule has 0 saturated carbocycles. The molecule has 1 atom stereocenters. The Morgan fingerprint density at radius 3 is 2.68 bits per heavy atom. The van der Waals surface area contributed by atoms with Gasteiger partial charge >= 0.3 is 6.03 Å². The van der Waals surface area contributed by atoms with Gasteiger partial charge in [0.25, 0.3) is 5.91 Å². The molecule has 0 aromatic carbocycles. The molecule has 2 saturated heterocycles. The Hall–Kier alpha value is -2.23. The van der Waals surface area contributed by atoms with Crippen molar-refractivity contribution in [3.05, 3.63) is 0 Å². The van der Waals surface area contributed by atoms with Crippen molar-refractivity contribution < 1.29 is 9.59 Å². The first-order chi connectivity index (χ1) is 10.5. The van der Waals surface area contributed by atoms with E-state index < -0.39 is 11.6 Å². The van der Waals surface area contributed by atoms with Crippen LogP contribution in [0.5, 0.6) is 0 Å². The van der Waals surface area contributed by atoms with E-state index in [1.54, 1.807) is 14.0 Å². The highest BCUT2D eigenvalue weighted by molar-refractivity contribution is 6.07. The summed E-state index contributed by atoms with van der Waals surface area (Å²) in [5.74, 6) is 3.31. The number of nitrogens with one attached hydrogen (secondary N) is 3. The lowest BCUT2D eigenvalue weighted by molar-refractivity contribution is -0.125. The van der Waals surface area contributed by atoms with Crippen LogP contribution in [-0.2, 0) is 4.79 Å². The molecule has 0 bridgehead atoms. The van der Waals surface area contributed by atoms with Gasteiger partial charge in [-0.1, -0.05) is 0 Å². The lowest BCUT2D eigenvalue weighted by Crippen LogP contribution is -2.55. The van der Waals surface area contributed by atoms with Gasteiger partial charge in [0.15, 0.2) is 5.96 Å². The van der Waals surface area contributed by atoms with E-state index in [1.807, 2.05) is 0 Å². The number of hydrogen-bond donors (Lipinski definition) is 3. The first-order valence-electron chi connectivity index (χ1n) is 7.54. The van der Waals surface area contributed by atoms with Crippen LogP contribution in [0.2, 0.25) is 0 Å². The van der Waals surface area contributed by atoms with Gasteiger partial charge in [-0.3, -0.25) is 15.1 Å². The SMILES string of the molecule is C#CCCNC(=NC)N1CCC(C2(C)NC(=O)NC2=O)CC1. The number of terminal acetylenes is 1. The van der Waals surface area contributed by atoms with E-state index in [0.29, 0.717) is 13.0 Å². The molecule has 2 heterocycles. The normalized spacial score (nSPS) is 26.4. The predicted molar refractivity (Wildman–Crippen MR) is 84.2 cm³/mol. The second-order valence-corrected chi connectivity index (χ2v) is 5.80. The van der Waals surface area contributed by atoms with Crippen molar-refractivity contribution in [3.8, 4) is 12.3 Å². The van der Waals surface area contributed by atoms with Crippen molar-refractivity contribution in [2.45, 2.75) is 31.7 Å². The van der Waals surface area contributed by atoms with Gasteiger partial charge in [-0.2, -0.15) is 0 Å². The summed E-state index contributed by atoms with van der Waals surface area (Å²) in [5.41, 5.74) is -0.802. The lowest BCUT2D eigenvalue weighted by Gasteiger charge is -2.39. The standard InChI is InChI=1S/C15H23N5O2/c1-4-5-8-17-13(16-3)20-9-6-11(7-10-20)15(2)12(21)18-14(22)19-15/h1,11H,5-10H2,2-3H3,(H,16,17)(H2,18,19,21,22). The number of piperidine rings is 1. The van der Waals surface area contributed by atoms with Crippen LogP contribution >= 0.6 is 0 Å². The number of rotatable bonds is 3. The molecular formula is C15H23N5O2. The molecular weight excluding hydrogens is 282 g/mol. The Labute approximate surface area is 130 Å². The maximum atomic E-state index is 12.0. The second kappa shape index (κ2) is 6.69. The van der Waals surface area contributed by atoms with Gasteiger partial charge in [0.1, 0.15) is 5.54 Å². The van der Waals surface area contributed by atoms with Crippen LogP contribution in [0.15, 0.2) is 4.99 Å². The summed E-state index contributed by atoms with van der Waals surface area (Å²) in [5, 5.41) is 8.32. The van der Waals surface area contributed by atoms with E-state index in [9.17, 15) is 9.59 Å². The molecule has 3 N–H and O–H groups in total. The Morgan fingerprint density at radius 1 is 1.50 bits per heavy atom. The number of guanidine groups is 1. The first kappa shape index (κ1) is 16.1. The third-order valence-corrected chi connectivity index (χ3v) is 4.45. The molecule has 3 amide bonds. The fourth-order valence-electron chi connectivity index (χ4n) is 3.09. The van der Waals surface area contributed by atoms with Crippen molar-refractivity contribution in [1.29, 1.82) is 0 Å². The molecule has 7 heteroatoms. The van der Waals surface area contributed by atoms with Crippen LogP contribution in [0, 0.1) is 18.3 Å². The first-order valence-corrected chi connectivity index (χ1v) is 7.54. The largest absolute Gasteiger partial charge is 0.355 e. The maximum absolute atomic E-state index is 12.0. The Balaban J connectivity index is 1.91. The predicted octanol–water partition coefficient (Wildman–Crippen LogP) is -0.105. The van der Waals surface area contributed by atoms with Crippen LogP contribution < -0.4 is 16.0 Å². The Kier molecular flexibility index (Phi) is 4.91. The highest BCUT2D eigenvalue weighted by atomic mass is 16.2. The minimum absolute atomic E-state index is 0.124. The molecule has 7 nitrogen and oxygen atoms in total. The summed E-state index contributed by atoms with van der Waals surface area (Å²) >= 11 is 0. The van der Waals surface area contributed by atoms with Crippen molar-refractivity contribution in [3.63, 3.8) is 0 Å². The molecule has 2 rings (SSSR count). The summed E-state index contributed by atoms with van der Waals surface area (Å²) in [6.45, 7) is 4.07. The summed E-state index contributed by atoms with van der Waals surface area (Å²) in [7, 11) is 1.75. The van der Waals surface area contributed by atoms with Crippen molar-refractivity contribution >= 4 is 17.9 Å². The van der Waals surface area contributed by atoms with Crippen LogP contribution in [0.25, 0.3) is 0 Å². The van der Waals surface area contributed by atoms with Gasteiger partial charge in [0.05, 0.1) is 0 Å². The number of carbonyl (C=O) groups is 2. The number of imide groups is 1. The molecule has 0 radical (unpaired) electrons. The van der Waals surface area contributed by atoms with Gasteiger partial charge in [-0.25, -0.2) is 4.79 Å². The summed E-state index contributed by atoms with van der Waals surface area (Å²) in [4.78, 5) is 29.8. The lowest BCUT2D eigenvalue weighted by atomic mass is 9.79. The molecule has 2 fully saturated rings. The zero-order chi connectivity index (χ0) is 16.2. The fourth-order valence-corrected chi connectivity index (χ4v) is 3.09. The summed E-state index contributed by atoms with van der Waals surface area (Å²) < 4.78 is 0. The topological polar surface area (TPSA) is 85.8 Å². The van der Waals surface area contributed by atoms with Gasteiger partial charge in [0.2, 0.25) is 0 Å². The molecule has 0 aliphatic carbocycles. The minimum atomic E-state index is -0.802. The van der Waals surface area contributed by atoms with Crippen molar-refractivity contribution in [1.82, 2.24) is 20.9 Å². The van der Waals surface area contributed by atoms with Crippen LogP contribution in [0.4, 0.5) is 4.79 Å². The van der Waals surface area contributed by atoms with E-state index in [4.69, 9.17) is 6.42 Å². The molecule has 0 spiro atoms. The average Bonchev–Trinajstić information content (AvgIpc) is 2.78. The number of amides is 3. The van der Waals surface area contributed by atoms with Crippen molar-refractivity contribution in [2.24, 2.45) is 10.9 Å². The molecule has 22 heavy (non-hydrogen) atoms. The third kappa shape index (κ3) is 3.16. The Morgan fingerprint density at radius 2 is 2.18 bits per heavy atom. The quantitative estimate of drug-likeness (QED) is 0.223.